The molecule has 4 aromatic rings. The molecular weight excluding hydrogens is 544 g/mol. The lowest BCUT2D eigenvalue weighted by Gasteiger charge is -2.39. The molecule has 1 aliphatic rings. The Morgan fingerprint density at radius 3 is 2.02 bits per heavy atom. The minimum atomic E-state index is -2.13. The van der Waals surface area contributed by atoms with Gasteiger partial charge in [-0.25, -0.2) is 0 Å². The van der Waals surface area contributed by atoms with Crippen molar-refractivity contribution in [2.45, 2.75) is 63.8 Å². The molecule has 0 saturated heterocycles. The molecule has 0 bridgehead atoms. The highest BCUT2D eigenvalue weighted by Gasteiger charge is 2.46. The van der Waals surface area contributed by atoms with E-state index >= 15 is 0 Å². The molecule has 0 saturated carbocycles. The fourth-order valence-electron chi connectivity index (χ4n) is 4.67. The van der Waals surface area contributed by atoms with Crippen molar-refractivity contribution in [3.8, 4) is 23.0 Å². The molecule has 2 atom stereocenters. The van der Waals surface area contributed by atoms with Crippen LogP contribution in [0.1, 0.15) is 49.1 Å². The van der Waals surface area contributed by atoms with Crippen LogP contribution in [0.25, 0.3) is 0 Å². The number of hydrogen-bond acceptors (Lipinski definition) is 6. The fourth-order valence-corrected chi connectivity index (χ4v) is 5.69. The second-order valence-corrected chi connectivity index (χ2v) is 17.1. The van der Waals surface area contributed by atoms with Crippen molar-refractivity contribution in [2.24, 2.45) is 0 Å². The summed E-state index contributed by atoms with van der Waals surface area (Å²) >= 11 is 0. The van der Waals surface area contributed by atoms with E-state index in [2.05, 4.69) is 33.9 Å². The maximum absolute atomic E-state index is 12.0. The summed E-state index contributed by atoms with van der Waals surface area (Å²) in [5, 5.41) is 23.6. The molecule has 0 aliphatic carbocycles. The van der Waals surface area contributed by atoms with Crippen molar-refractivity contribution < 1.29 is 28.8 Å². The van der Waals surface area contributed by atoms with Gasteiger partial charge in [-0.1, -0.05) is 81.4 Å². The number of aliphatic hydroxyl groups is 2. The van der Waals surface area contributed by atoms with Crippen molar-refractivity contribution >= 4 is 8.32 Å². The zero-order valence-electron chi connectivity index (χ0n) is 25.0. The number of benzene rings is 4. The van der Waals surface area contributed by atoms with E-state index in [0.717, 1.165) is 11.1 Å². The fraction of sp³-hybridized carbons (Fsp3) is 0.314. The van der Waals surface area contributed by atoms with Crippen LogP contribution in [0.5, 0.6) is 23.0 Å². The number of hydrogen-bond donors (Lipinski definition) is 2. The van der Waals surface area contributed by atoms with Gasteiger partial charge in [-0.3, -0.25) is 0 Å². The van der Waals surface area contributed by atoms with Crippen LogP contribution in [0.15, 0.2) is 97.1 Å². The van der Waals surface area contributed by atoms with Gasteiger partial charge in [0.2, 0.25) is 8.32 Å². The average Bonchev–Trinajstić information content (AvgIpc) is 2.97. The highest BCUT2D eigenvalue weighted by molar-refractivity contribution is 6.74. The summed E-state index contributed by atoms with van der Waals surface area (Å²) < 4.78 is 24.9. The van der Waals surface area contributed by atoms with E-state index in [9.17, 15) is 10.2 Å². The third kappa shape index (κ3) is 6.33. The predicted molar refractivity (Wildman–Crippen MR) is 167 cm³/mol. The molecule has 0 unspecified atom stereocenters. The average molecular weight is 585 g/mol. The molecule has 1 aliphatic heterocycles. The molecule has 6 nitrogen and oxygen atoms in total. The number of fused-ring (bicyclic) bond motifs is 1. The van der Waals surface area contributed by atoms with Gasteiger partial charge in [0, 0.05) is 23.3 Å². The molecule has 0 fully saturated rings. The number of aliphatic hydroxyl groups excluding tert-OH is 1. The Labute approximate surface area is 249 Å². The molecule has 0 radical (unpaired) electrons. The Morgan fingerprint density at radius 1 is 0.810 bits per heavy atom. The van der Waals surface area contributed by atoms with Crippen LogP contribution in [-0.4, -0.2) is 25.1 Å². The van der Waals surface area contributed by atoms with Gasteiger partial charge in [0.15, 0.2) is 5.60 Å². The third-order valence-electron chi connectivity index (χ3n) is 8.26. The Hall–Kier alpha value is -3.78. The van der Waals surface area contributed by atoms with Gasteiger partial charge in [-0.15, -0.1) is 0 Å². The van der Waals surface area contributed by atoms with Crippen LogP contribution in [0.4, 0.5) is 0 Å². The molecule has 4 aromatic carbocycles. The summed E-state index contributed by atoms with van der Waals surface area (Å²) in [4.78, 5) is 0. The first kappa shape index (κ1) is 29.7. The maximum atomic E-state index is 12.0. The van der Waals surface area contributed by atoms with E-state index in [1.54, 1.807) is 24.3 Å². The zero-order chi connectivity index (χ0) is 30.0. The smallest absolute Gasteiger partial charge is 0.250 e. The normalized spacial score (nSPS) is 18.5. The van der Waals surface area contributed by atoms with E-state index in [-0.39, 0.29) is 11.6 Å². The summed E-state index contributed by atoms with van der Waals surface area (Å²) in [7, 11) is -2.13. The molecule has 2 N–H and O–H groups in total. The SMILES string of the molecule is CC(C)(C)[Si](C)(C)Oc1ccc([C@]2(O)COc3cc(OCc4ccccc4)ccc3[C@H]2O)c(OCc2ccccc2)c1. The Morgan fingerprint density at radius 2 is 1.40 bits per heavy atom. The first-order chi connectivity index (χ1) is 20.0. The summed E-state index contributed by atoms with van der Waals surface area (Å²) in [6, 6.07) is 30.4. The van der Waals surface area contributed by atoms with Crippen LogP contribution < -0.4 is 18.6 Å². The molecule has 42 heavy (non-hydrogen) atoms. The standard InChI is InChI=1S/C35H40O6Si/c1-34(2,3)42(4,5)41-28-17-19-30(32(21-28)39-23-26-14-10-7-11-15-26)35(37)24-40-31-20-27(16-18-29(31)33(35)36)38-22-25-12-8-6-9-13-25/h6-21,33,36-37H,22-24H2,1-5H3/t33-,35-/m1/s1. The van der Waals surface area contributed by atoms with Crippen molar-refractivity contribution in [2.75, 3.05) is 6.61 Å². The predicted octanol–water partition coefficient (Wildman–Crippen LogP) is 7.54. The van der Waals surface area contributed by atoms with Crippen LogP contribution in [0.2, 0.25) is 18.1 Å². The third-order valence-corrected chi connectivity index (χ3v) is 12.6. The minimum Gasteiger partial charge on any atom is -0.543 e. The van der Waals surface area contributed by atoms with E-state index in [4.69, 9.17) is 18.6 Å². The van der Waals surface area contributed by atoms with Crippen molar-refractivity contribution in [1.29, 1.82) is 0 Å². The lowest BCUT2D eigenvalue weighted by atomic mass is 9.82. The number of rotatable bonds is 9. The molecule has 5 rings (SSSR count). The molecule has 0 aromatic heterocycles. The molecule has 220 valence electrons. The lowest BCUT2D eigenvalue weighted by molar-refractivity contribution is -0.122. The molecule has 7 heteroatoms. The van der Waals surface area contributed by atoms with Gasteiger partial charge >= 0.3 is 0 Å². The quantitative estimate of drug-likeness (QED) is 0.198. The highest BCUT2D eigenvalue weighted by Crippen LogP contribution is 2.48. The monoisotopic (exact) mass is 584 g/mol. The van der Waals surface area contributed by atoms with E-state index in [1.165, 1.54) is 0 Å². The molecule has 0 spiro atoms. The minimum absolute atomic E-state index is 0.00963. The molecule has 0 amide bonds. The lowest BCUT2D eigenvalue weighted by Crippen LogP contribution is -2.44. The second-order valence-electron chi connectivity index (χ2n) is 12.4. The van der Waals surface area contributed by atoms with Gasteiger partial charge in [0.1, 0.15) is 48.9 Å². The number of ether oxygens (including phenoxy) is 3. The summed E-state index contributed by atoms with van der Waals surface area (Å²) in [6.45, 7) is 11.5. The van der Waals surface area contributed by atoms with Crippen LogP contribution in [-0.2, 0) is 18.8 Å². The maximum Gasteiger partial charge on any atom is 0.250 e. The largest absolute Gasteiger partial charge is 0.543 e. The summed E-state index contributed by atoms with van der Waals surface area (Å²) in [6.07, 6.45) is -1.25. The van der Waals surface area contributed by atoms with Crippen LogP contribution >= 0.6 is 0 Å². The van der Waals surface area contributed by atoms with E-state index in [1.807, 2.05) is 72.8 Å². The topological polar surface area (TPSA) is 77.4 Å². The van der Waals surface area contributed by atoms with Gasteiger partial charge in [-0.2, -0.15) is 0 Å². The van der Waals surface area contributed by atoms with Gasteiger partial charge in [-0.05, 0) is 53.5 Å². The summed E-state index contributed by atoms with van der Waals surface area (Å²) in [5.41, 5.74) is 1.20. The van der Waals surface area contributed by atoms with Crippen molar-refractivity contribution in [1.82, 2.24) is 0 Å². The highest BCUT2D eigenvalue weighted by atomic mass is 28.4. The van der Waals surface area contributed by atoms with Crippen LogP contribution in [0, 0.1) is 0 Å². The van der Waals surface area contributed by atoms with E-state index < -0.39 is 20.0 Å². The molecular formula is C35H40O6Si. The van der Waals surface area contributed by atoms with Crippen molar-refractivity contribution in [3.05, 3.63) is 119 Å². The van der Waals surface area contributed by atoms with Gasteiger partial charge in [0.05, 0.1) is 0 Å². The zero-order valence-corrected chi connectivity index (χ0v) is 26.0. The Kier molecular flexibility index (Phi) is 8.37. The summed E-state index contributed by atoms with van der Waals surface area (Å²) in [5.74, 6) is 2.20. The van der Waals surface area contributed by atoms with Crippen molar-refractivity contribution in [3.63, 3.8) is 0 Å². The van der Waals surface area contributed by atoms with Gasteiger partial charge in [0.25, 0.3) is 0 Å². The van der Waals surface area contributed by atoms with Gasteiger partial charge < -0.3 is 28.8 Å². The Balaban J connectivity index is 1.43. The first-order valence-corrected chi connectivity index (χ1v) is 17.2. The second kappa shape index (κ2) is 11.8. The molecule has 1 heterocycles. The first-order valence-electron chi connectivity index (χ1n) is 14.3. The van der Waals surface area contributed by atoms with Crippen LogP contribution in [0.3, 0.4) is 0 Å². The van der Waals surface area contributed by atoms with E-state index in [0.29, 0.717) is 47.3 Å². The Bertz CT molecular complexity index is 1500.